The fraction of sp³-hybridized carbons (Fsp3) is 0.364. The predicted molar refractivity (Wildman–Crippen MR) is 126 cm³/mol. The number of ether oxygens (including phenoxy) is 1. The second-order valence-electron chi connectivity index (χ2n) is 8.59. The summed E-state index contributed by atoms with van der Waals surface area (Å²) >= 11 is 0. The van der Waals surface area contributed by atoms with Crippen molar-refractivity contribution in [3.63, 3.8) is 0 Å². The largest absolute Gasteiger partial charge is 0.495 e. The van der Waals surface area contributed by atoms with Gasteiger partial charge in [-0.3, -0.25) is 24.1 Å². The van der Waals surface area contributed by atoms with Crippen molar-refractivity contribution in [2.45, 2.75) is 37.3 Å². The van der Waals surface area contributed by atoms with Crippen LogP contribution in [0.2, 0.25) is 0 Å². The molecule has 0 spiro atoms. The van der Waals surface area contributed by atoms with Gasteiger partial charge in [0, 0.05) is 12.1 Å². The summed E-state index contributed by atoms with van der Waals surface area (Å²) in [5, 5.41) is 24.6. The lowest BCUT2D eigenvalue weighted by Crippen LogP contribution is -2.45. The molecule has 1 atom stereocenters. The zero-order valence-corrected chi connectivity index (χ0v) is 20.4. The molecule has 0 saturated carbocycles. The van der Waals surface area contributed by atoms with Gasteiger partial charge in [-0.2, -0.15) is 0 Å². The second kappa shape index (κ2) is 9.50. The number of sulfonamides is 1. The van der Waals surface area contributed by atoms with E-state index in [0.717, 1.165) is 26.9 Å². The summed E-state index contributed by atoms with van der Waals surface area (Å²) in [4.78, 5) is 36.1. The summed E-state index contributed by atoms with van der Waals surface area (Å²) < 4.78 is 33.3. The Morgan fingerprint density at radius 3 is 2.34 bits per heavy atom. The minimum Gasteiger partial charge on any atom is -0.495 e. The molecule has 0 unspecified atom stereocenters. The summed E-state index contributed by atoms with van der Waals surface area (Å²) in [5.74, 6) is -0.572. The highest BCUT2D eigenvalue weighted by Crippen LogP contribution is 2.36. The van der Waals surface area contributed by atoms with Gasteiger partial charge in [0.15, 0.2) is 0 Å². The zero-order valence-electron chi connectivity index (χ0n) is 19.6. The smallest absolute Gasteiger partial charge is 0.325 e. The number of nitrogens with zero attached hydrogens (tertiary/aromatic N) is 3. The minimum atomic E-state index is -4.36. The summed E-state index contributed by atoms with van der Waals surface area (Å²) in [7, 11) is -3.09. The van der Waals surface area contributed by atoms with Gasteiger partial charge < -0.3 is 15.2 Å². The first-order valence-corrected chi connectivity index (χ1v) is 12.0. The molecule has 1 saturated heterocycles. The van der Waals surface area contributed by atoms with Gasteiger partial charge >= 0.3 is 6.03 Å². The number of β-amino-alcohol motifs (C(OH)–C–C–N with tert-alkyl or cyclic N) is 1. The number of benzene rings is 2. The molecule has 12 nitrogen and oxygen atoms in total. The number of anilines is 1. The number of aliphatic hydroxyl groups is 1. The van der Waals surface area contributed by atoms with Gasteiger partial charge in [0.05, 0.1) is 36.1 Å². The van der Waals surface area contributed by atoms with Crippen molar-refractivity contribution >= 4 is 33.3 Å². The van der Waals surface area contributed by atoms with Crippen LogP contribution >= 0.6 is 0 Å². The molecule has 3 rings (SSSR count). The number of nitro benzene ring substituents is 1. The summed E-state index contributed by atoms with van der Waals surface area (Å²) in [5.41, 5.74) is -0.938. The number of aryl methyl sites for hydroxylation is 1. The Kier molecular flexibility index (Phi) is 7.03. The average molecular weight is 507 g/mol. The molecule has 0 radical (unpaired) electrons. The van der Waals surface area contributed by atoms with Crippen LogP contribution in [0, 0.1) is 17.0 Å². The van der Waals surface area contributed by atoms with Gasteiger partial charge in [-0.15, -0.1) is 0 Å². The number of nitro groups is 1. The van der Waals surface area contributed by atoms with Crippen molar-refractivity contribution in [2.75, 3.05) is 24.5 Å². The van der Waals surface area contributed by atoms with Crippen LogP contribution in [0.3, 0.4) is 0 Å². The molecule has 1 fully saturated rings. The van der Waals surface area contributed by atoms with E-state index >= 15 is 0 Å². The van der Waals surface area contributed by atoms with E-state index in [1.807, 2.05) is 0 Å². The van der Waals surface area contributed by atoms with Crippen LogP contribution < -0.4 is 14.4 Å². The first kappa shape index (κ1) is 25.9. The number of rotatable bonds is 9. The van der Waals surface area contributed by atoms with Gasteiger partial charge in [-0.1, -0.05) is 17.7 Å². The first-order chi connectivity index (χ1) is 16.3. The Bertz CT molecular complexity index is 1260. The fourth-order valence-electron chi connectivity index (χ4n) is 3.59. The Balaban J connectivity index is 2.05. The molecule has 0 aliphatic carbocycles. The van der Waals surface area contributed by atoms with Gasteiger partial charge in [0.1, 0.15) is 17.0 Å². The lowest BCUT2D eigenvalue weighted by molar-refractivity contribution is -0.384. The molecule has 2 N–H and O–H groups in total. The van der Waals surface area contributed by atoms with E-state index in [1.54, 1.807) is 19.1 Å². The number of urea groups is 1. The molecule has 1 heterocycles. The van der Waals surface area contributed by atoms with Gasteiger partial charge in [-0.05, 0) is 39.0 Å². The van der Waals surface area contributed by atoms with Crippen LogP contribution in [0.4, 0.5) is 16.2 Å². The van der Waals surface area contributed by atoms with E-state index in [-0.39, 0.29) is 16.3 Å². The van der Waals surface area contributed by atoms with Crippen molar-refractivity contribution in [3.05, 3.63) is 58.1 Å². The molecule has 35 heavy (non-hydrogen) atoms. The topological polar surface area (TPSA) is 159 Å². The quantitative estimate of drug-likeness (QED) is 0.296. The number of carbonyl (C=O) groups is 2. The predicted octanol–water partition coefficient (Wildman–Crippen LogP) is 1.80. The normalized spacial score (nSPS) is 16.1. The molecular weight excluding hydrogens is 480 g/mol. The van der Waals surface area contributed by atoms with Crippen LogP contribution in [-0.2, 0) is 14.8 Å². The summed E-state index contributed by atoms with van der Waals surface area (Å²) in [6, 6.07) is 8.61. The van der Waals surface area contributed by atoms with E-state index in [9.17, 15) is 33.2 Å². The van der Waals surface area contributed by atoms with Crippen molar-refractivity contribution in [2.24, 2.45) is 0 Å². The minimum absolute atomic E-state index is 0.00890. The number of non-ortho nitro benzene ring substituents is 1. The third kappa shape index (κ3) is 5.20. The van der Waals surface area contributed by atoms with E-state index in [4.69, 9.17) is 4.74 Å². The maximum atomic E-state index is 13.6. The highest BCUT2D eigenvalue weighted by molar-refractivity contribution is 7.92. The summed E-state index contributed by atoms with van der Waals surface area (Å²) in [6.45, 7) is 3.67. The van der Waals surface area contributed by atoms with Crippen LogP contribution in [0.1, 0.15) is 19.4 Å². The first-order valence-electron chi connectivity index (χ1n) is 10.5. The molecule has 188 valence electrons. The molecule has 1 aliphatic rings. The monoisotopic (exact) mass is 506 g/mol. The standard InChI is InChI=1S/C22H26N4O8S/c1-14-5-8-17(9-6-14)35(32,33)25(18-11-15(26(30)31)7-10-19(18)34-4)13-16(27)12-24-20(28)22(2,3)23-21(24)29/h5-11,16,27H,12-13H2,1-4H3,(H,23,29)/t16-/m1/s1. The zero-order chi connectivity index (χ0) is 26.1. The number of aliphatic hydroxyl groups excluding tert-OH is 1. The molecule has 0 aromatic heterocycles. The SMILES string of the molecule is COc1ccc([N+](=O)[O-])cc1N(C[C@H](O)CN1C(=O)NC(C)(C)C1=O)S(=O)(=O)c1ccc(C)cc1. The van der Waals surface area contributed by atoms with E-state index in [2.05, 4.69) is 5.32 Å². The van der Waals surface area contributed by atoms with Gasteiger partial charge in [0.25, 0.3) is 21.6 Å². The third-order valence-corrected chi connectivity index (χ3v) is 7.26. The summed E-state index contributed by atoms with van der Waals surface area (Å²) in [6.07, 6.45) is -1.53. The number of amides is 3. The number of imide groups is 1. The second-order valence-corrected chi connectivity index (χ2v) is 10.4. The number of hydrogen-bond acceptors (Lipinski definition) is 8. The highest BCUT2D eigenvalue weighted by atomic mass is 32.2. The molecule has 1 aliphatic heterocycles. The average Bonchev–Trinajstić information content (AvgIpc) is 2.98. The molecule has 0 bridgehead atoms. The Morgan fingerprint density at radius 2 is 1.83 bits per heavy atom. The van der Waals surface area contributed by atoms with Crippen LogP contribution in [0.15, 0.2) is 47.4 Å². The fourth-order valence-corrected chi connectivity index (χ4v) is 5.10. The van der Waals surface area contributed by atoms with Gasteiger partial charge in [-0.25, -0.2) is 13.2 Å². The van der Waals surface area contributed by atoms with Crippen molar-refractivity contribution in [3.8, 4) is 5.75 Å². The van der Waals surface area contributed by atoms with E-state index < -0.39 is 57.3 Å². The molecule has 3 amide bonds. The molecular formula is C22H26N4O8S. The van der Waals surface area contributed by atoms with E-state index in [1.165, 1.54) is 39.2 Å². The Labute approximate surface area is 202 Å². The van der Waals surface area contributed by atoms with Crippen LogP contribution in [-0.4, -0.2) is 67.1 Å². The Morgan fingerprint density at radius 1 is 1.20 bits per heavy atom. The maximum absolute atomic E-state index is 13.6. The van der Waals surface area contributed by atoms with Crippen LogP contribution in [0.25, 0.3) is 0 Å². The van der Waals surface area contributed by atoms with Crippen LogP contribution in [0.5, 0.6) is 5.75 Å². The van der Waals surface area contributed by atoms with Crippen molar-refractivity contribution in [1.29, 1.82) is 0 Å². The number of carbonyl (C=O) groups excluding carboxylic acids is 2. The van der Waals surface area contributed by atoms with E-state index in [0.29, 0.717) is 0 Å². The number of nitrogens with one attached hydrogen (secondary N) is 1. The Hall–Kier alpha value is -3.71. The maximum Gasteiger partial charge on any atom is 0.325 e. The molecule has 2 aromatic rings. The lowest BCUT2D eigenvalue weighted by Gasteiger charge is -2.29. The number of methoxy groups -OCH3 is 1. The molecule has 2 aromatic carbocycles. The van der Waals surface area contributed by atoms with Crippen molar-refractivity contribution < 1.29 is 32.8 Å². The molecule has 13 heteroatoms. The van der Waals surface area contributed by atoms with Gasteiger partial charge in [0.2, 0.25) is 0 Å². The third-order valence-electron chi connectivity index (χ3n) is 5.47. The highest BCUT2D eigenvalue weighted by Gasteiger charge is 2.45. The van der Waals surface area contributed by atoms with Crippen molar-refractivity contribution in [1.82, 2.24) is 10.2 Å². The number of hydrogen-bond donors (Lipinski definition) is 2. The lowest BCUT2D eigenvalue weighted by atomic mass is 10.1.